The molecule has 0 atom stereocenters. The van der Waals surface area contributed by atoms with E-state index in [4.69, 9.17) is 9.84 Å². The number of para-hydroxylation sites is 1. The van der Waals surface area contributed by atoms with Gasteiger partial charge in [-0.1, -0.05) is 18.2 Å². The Morgan fingerprint density at radius 3 is 2.39 bits per heavy atom. The standard InChI is InChI=1S/C12H20N2O2.2ClH/c1-16-12-5-3-2-4-11(12)10-14-7-6-13-8-9-15;;/h2-5,13-15H,6-10H2,1H3;2*1H. The quantitative estimate of drug-likeness (QED) is 0.631. The summed E-state index contributed by atoms with van der Waals surface area (Å²) in [7, 11) is 1.68. The molecule has 106 valence electrons. The van der Waals surface area contributed by atoms with Crippen molar-refractivity contribution in [1.82, 2.24) is 10.6 Å². The van der Waals surface area contributed by atoms with Crippen molar-refractivity contribution in [2.24, 2.45) is 0 Å². The van der Waals surface area contributed by atoms with Crippen molar-refractivity contribution < 1.29 is 9.84 Å². The molecule has 1 aromatic carbocycles. The third kappa shape index (κ3) is 7.74. The molecule has 0 amide bonds. The Hall–Kier alpha value is -0.520. The number of hydrogen-bond donors (Lipinski definition) is 3. The van der Waals surface area contributed by atoms with Gasteiger partial charge in [0.1, 0.15) is 5.75 Å². The maximum Gasteiger partial charge on any atom is 0.123 e. The maximum atomic E-state index is 8.57. The summed E-state index contributed by atoms with van der Waals surface area (Å²) in [5, 5.41) is 15.0. The highest BCUT2D eigenvalue weighted by atomic mass is 35.5. The van der Waals surface area contributed by atoms with Crippen molar-refractivity contribution in [3.63, 3.8) is 0 Å². The van der Waals surface area contributed by atoms with Gasteiger partial charge in [-0.2, -0.15) is 0 Å². The Morgan fingerprint density at radius 1 is 1.06 bits per heavy atom. The first-order valence-electron chi connectivity index (χ1n) is 5.52. The van der Waals surface area contributed by atoms with Crippen LogP contribution in [0.25, 0.3) is 0 Å². The van der Waals surface area contributed by atoms with Gasteiger partial charge < -0.3 is 20.5 Å². The summed E-state index contributed by atoms with van der Waals surface area (Å²) < 4.78 is 5.25. The number of hydrogen-bond acceptors (Lipinski definition) is 4. The monoisotopic (exact) mass is 296 g/mol. The molecule has 0 aliphatic heterocycles. The first kappa shape index (κ1) is 19.8. The molecular formula is C12H22Cl2N2O2. The van der Waals surface area contributed by atoms with Gasteiger partial charge in [-0.3, -0.25) is 0 Å². The number of aliphatic hydroxyl groups is 1. The van der Waals surface area contributed by atoms with Crippen LogP contribution in [0.15, 0.2) is 24.3 Å². The van der Waals surface area contributed by atoms with Crippen molar-refractivity contribution in [1.29, 1.82) is 0 Å². The highest BCUT2D eigenvalue weighted by molar-refractivity contribution is 5.85. The molecule has 6 heteroatoms. The number of methoxy groups -OCH3 is 1. The molecule has 1 rings (SSSR count). The number of aliphatic hydroxyl groups excluding tert-OH is 1. The summed E-state index contributed by atoms with van der Waals surface area (Å²) in [6, 6.07) is 7.97. The lowest BCUT2D eigenvalue weighted by Gasteiger charge is -2.09. The Bertz CT molecular complexity index is 301. The lowest BCUT2D eigenvalue weighted by atomic mass is 10.2. The average Bonchev–Trinajstić information content (AvgIpc) is 2.34. The molecule has 0 fully saturated rings. The van der Waals surface area contributed by atoms with Gasteiger partial charge in [0.25, 0.3) is 0 Å². The van der Waals surface area contributed by atoms with Crippen molar-refractivity contribution >= 4 is 24.8 Å². The van der Waals surface area contributed by atoms with E-state index in [0.29, 0.717) is 6.54 Å². The molecule has 0 aromatic heterocycles. The number of rotatable bonds is 8. The van der Waals surface area contributed by atoms with E-state index in [2.05, 4.69) is 10.6 Å². The van der Waals surface area contributed by atoms with E-state index in [-0.39, 0.29) is 31.4 Å². The maximum absolute atomic E-state index is 8.57. The lowest BCUT2D eigenvalue weighted by molar-refractivity contribution is 0.292. The second-order valence-electron chi connectivity index (χ2n) is 3.46. The van der Waals surface area contributed by atoms with E-state index in [9.17, 15) is 0 Å². The Kier molecular flexibility index (Phi) is 14.2. The first-order valence-corrected chi connectivity index (χ1v) is 5.52. The van der Waals surface area contributed by atoms with Gasteiger partial charge in [-0.25, -0.2) is 0 Å². The highest BCUT2D eigenvalue weighted by Crippen LogP contribution is 2.16. The smallest absolute Gasteiger partial charge is 0.123 e. The largest absolute Gasteiger partial charge is 0.496 e. The van der Waals surface area contributed by atoms with Crippen molar-refractivity contribution in [2.75, 3.05) is 33.4 Å². The fraction of sp³-hybridized carbons (Fsp3) is 0.500. The zero-order chi connectivity index (χ0) is 11.6. The third-order valence-electron chi connectivity index (χ3n) is 2.28. The SMILES string of the molecule is COc1ccccc1CNCCNCCO.Cl.Cl. The second kappa shape index (κ2) is 12.9. The van der Waals surface area contributed by atoms with E-state index >= 15 is 0 Å². The number of halogens is 2. The van der Waals surface area contributed by atoms with Crippen LogP contribution in [0.4, 0.5) is 0 Å². The first-order chi connectivity index (χ1) is 7.88. The minimum atomic E-state index is 0. The van der Waals surface area contributed by atoms with Crippen LogP contribution in [0.3, 0.4) is 0 Å². The zero-order valence-corrected chi connectivity index (χ0v) is 12.1. The molecule has 4 nitrogen and oxygen atoms in total. The van der Waals surface area contributed by atoms with Gasteiger partial charge in [0.05, 0.1) is 13.7 Å². The zero-order valence-electron chi connectivity index (χ0n) is 10.5. The van der Waals surface area contributed by atoms with Crippen LogP contribution >= 0.6 is 24.8 Å². The number of benzene rings is 1. The summed E-state index contributed by atoms with van der Waals surface area (Å²) in [6.07, 6.45) is 0. The molecule has 0 unspecified atom stereocenters. The van der Waals surface area contributed by atoms with Crippen LogP contribution in [0.5, 0.6) is 5.75 Å². The molecule has 0 bridgehead atoms. The minimum absolute atomic E-state index is 0. The van der Waals surface area contributed by atoms with Gasteiger partial charge in [0.2, 0.25) is 0 Å². The number of ether oxygens (including phenoxy) is 1. The highest BCUT2D eigenvalue weighted by Gasteiger charge is 1.99. The van der Waals surface area contributed by atoms with Crippen LogP contribution in [0, 0.1) is 0 Å². The fourth-order valence-electron chi connectivity index (χ4n) is 1.45. The molecule has 0 saturated heterocycles. The summed E-state index contributed by atoms with van der Waals surface area (Å²) in [4.78, 5) is 0. The summed E-state index contributed by atoms with van der Waals surface area (Å²) in [5.74, 6) is 0.915. The third-order valence-corrected chi connectivity index (χ3v) is 2.28. The van der Waals surface area contributed by atoms with Crippen LogP contribution in [-0.2, 0) is 6.54 Å². The van der Waals surface area contributed by atoms with Crippen molar-refractivity contribution in [2.45, 2.75) is 6.54 Å². The van der Waals surface area contributed by atoms with Crippen LogP contribution in [-0.4, -0.2) is 38.5 Å². The predicted octanol–water partition coefficient (Wildman–Crippen LogP) is 1.21. The van der Waals surface area contributed by atoms with E-state index in [1.807, 2.05) is 24.3 Å². The second-order valence-corrected chi connectivity index (χ2v) is 3.46. The molecule has 1 aromatic rings. The van der Waals surface area contributed by atoms with Gasteiger partial charge in [0.15, 0.2) is 0 Å². The van der Waals surface area contributed by atoms with E-state index < -0.39 is 0 Å². The Morgan fingerprint density at radius 2 is 1.72 bits per heavy atom. The molecule has 0 spiro atoms. The average molecular weight is 297 g/mol. The molecule has 0 aliphatic carbocycles. The van der Waals surface area contributed by atoms with Gasteiger partial charge in [0, 0.05) is 31.7 Å². The number of nitrogens with one attached hydrogen (secondary N) is 2. The molecule has 0 saturated carbocycles. The van der Waals surface area contributed by atoms with E-state index in [0.717, 1.165) is 30.9 Å². The van der Waals surface area contributed by atoms with Crippen molar-refractivity contribution in [3.8, 4) is 5.75 Å². The molecule has 18 heavy (non-hydrogen) atoms. The Labute approximate surface area is 121 Å². The summed E-state index contributed by atoms with van der Waals surface area (Å²) in [6.45, 7) is 3.36. The van der Waals surface area contributed by atoms with Crippen LogP contribution < -0.4 is 15.4 Å². The molecule has 3 N–H and O–H groups in total. The lowest BCUT2D eigenvalue weighted by Crippen LogP contribution is -2.28. The van der Waals surface area contributed by atoms with Crippen LogP contribution in [0.2, 0.25) is 0 Å². The topological polar surface area (TPSA) is 53.5 Å². The van der Waals surface area contributed by atoms with Gasteiger partial charge >= 0.3 is 0 Å². The Balaban J connectivity index is 0. The van der Waals surface area contributed by atoms with Crippen LogP contribution in [0.1, 0.15) is 5.56 Å². The summed E-state index contributed by atoms with van der Waals surface area (Å²) >= 11 is 0. The normalized spacial score (nSPS) is 9.22. The van der Waals surface area contributed by atoms with Crippen molar-refractivity contribution in [3.05, 3.63) is 29.8 Å². The van der Waals surface area contributed by atoms with Gasteiger partial charge in [-0.15, -0.1) is 24.8 Å². The van der Waals surface area contributed by atoms with E-state index in [1.54, 1.807) is 7.11 Å². The van der Waals surface area contributed by atoms with Gasteiger partial charge in [-0.05, 0) is 6.07 Å². The molecular weight excluding hydrogens is 275 g/mol. The molecule has 0 aliphatic rings. The predicted molar refractivity (Wildman–Crippen MR) is 79.2 cm³/mol. The molecule has 0 radical (unpaired) electrons. The van der Waals surface area contributed by atoms with E-state index in [1.165, 1.54) is 0 Å². The summed E-state index contributed by atoms with van der Waals surface area (Å²) in [5.41, 5.74) is 1.16. The minimum Gasteiger partial charge on any atom is -0.496 e. The molecule has 0 heterocycles. The fourth-order valence-corrected chi connectivity index (χ4v) is 1.45.